The summed E-state index contributed by atoms with van der Waals surface area (Å²) in [6.45, 7) is 7.23. The fourth-order valence-electron chi connectivity index (χ4n) is 3.80. The molecule has 0 unspecified atom stereocenters. The van der Waals surface area contributed by atoms with Crippen molar-refractivity contribution in [1.29, 1.82) is 0 Å². The van der Waals surface area contributed by atoms with E-state index in [1.165, 1.54) is 12.5 Å². The highest BCUT2D eigenvalue weighted by Gasteiger charge is 2.29. The lowest BCUT2D eigenvalue weighted by Crippen LogP contribution is -2.47. The molecule has 0 spiro atoms. The number of fused-ring (bicyclic) bond motifs is 1. The van der Waals surface area contributed by atoms with E-state index in [1.54, 1.807) is 13.0 Å². The van der Waals surface area contributed by atoms with Crippen molar-refractivity contribution in [3.05, 3.63) is 29.8 Å². The molecule has 1 saturated carbocycles. The molecule has 158 valence electrons. The first-order chi connectivity index (χ1) is 13.9. The molecule has 29 heavy (non-hydrogen) atoms. The van der Waals surface area contributed by atoms with Crippen molar-refractivity contribution in [3.8, 4) is 11.5 Å². The molecular weight excluding hydrogens is 370 g/mol. The van der Waals surface area contributed by atoms with E-state index in [-0.39, 0.29) is 11.9 Å². The molecule has 1 aromatic carbocycles. The van der Waals surface area contributed by atoms with Crippen LogP contribution in [-0.4, -0.2) is 37.2 Å². The standard InChI is InChI=1S/C23H31NO5/c1-15-6-4-7-19(16(15)2)24-23(26)17(3)29-22(25)11-9-18-8-10-20-21(14-18)28-13-5-12-27-20/h8-11,14-17,19H,4-7,12-13H2,1-3H3,(H,24,26)/b11-9+/t15-,16+,17+,19+/m0/s1. The van der Waals surface area contributed by atoms with Crippen LogP contribution in [0.4, 0.5) is 0 Å². The first-order valence-corrected chi connectivity index (χ1v) is 10.5. The molecule has 0 aromatic heterocycles. The van der Waals surface area contributed by atoms with Crippen molar-refractivity contribution in [2.45, 2.75) is 58.6 Å². The minimum Gasteiger partial charge on any atom is -0.490 e. The first-order valence-electron chi connectivity index (χ1n) is 10.5. The maximum absolute atomic E-state index is 12.4. The average Bonchev–Trinajstić information content (AvgIpc) is 2.94. The van der Waals surface area contributed by atoms with Gasteiger partial charge in [-0.3, -0.25) is 4.79 Å². The van der Waals surface area contributed by atoms with Crippen LogP contribution in [0, 0.1) is 11.8 Å². The van der Waals surface area contributed by atoms with Crippen LogP contribution in [0.3, 0.4) is 0 Å². The predicted molar refractivity (Wildman–Crippen MR) is 111 cm³/mol. The predicted octanol–water partition coefficient (Wildman–Crippen LogP) is 3.73. The van der Waals surface area contributed by atoms with E-state index in [0.29, 0.717) is 36.5 Å². The summed E-state index contributed by atoms with van der Waals surface area (Å²) >= 11 is 0. The van der Waals surface area contributed by atoms with Gasteiger partial charge in [-0.1, -0.05) is 32.8 Å². The topological polar surface area (TPSA) is 73.9 Å². The van der Waals surface area contributed by atoms with Crippen molar-refractivity contribution in [2.75, 3.05) is 13.2 Å². The summed E-state index contributed by atoms with van der Waals surface area (Å²) < 4.78 is 16.5. The van der Waals surface area contributed by atoms with E-state index < -0.39 is 12.1 Å². The zero-order valence-corrected chi connectivity index (χ0v) is 17.5. The highest BCUT2D eigenvalue weighted by Crippen LogP contribution is 2.31. The van der Waals surface area contributed by atoms with Gasteiger partial charge in [0.15, 0.2) is 17.6 Å². The Morgan fingerprint density at radius 3 is 2.69 bits per heavy atom. The van der Waals surface area contributed by atoms with Gasteiger partial charge in [0.2, 0.25) is 0 Å². The normalized spacial score (nSPS) is 25.1. The molecule has 1 aromatic rings. The molecule has 0 radical (unpaired) electrons. The number of nitrogens with one attached hydrogen (secondary N) is 1. The molecule has 1 aliphatic carbocycles. The minimum absolute atomic E-state index is 0.143. The van der Waals surface area contributed by atoms with E-state index in [4.69, 9.17) is 14.2 Å². The van der Waals surface area contributed by atoms with Crippen molar-refractivity contribution in [3.63, 3.8) is 0 Å². The molecule has 6 nitrogen and oxygen atoms in total. The van der Waals surface area contributed by atoms with Crippen LogP contribution in [0.5, 0.6) is 11.5 Å². The van der Waals surface area contributed by atoms with Gasteiger partial charge in [-0.25, -0.2) is 4.79 Å². The van der Waals surface area contributed by atoms with Crippen molar-refractivity contribution >= 4 is 18.0 Å². The zero-order chi connectivity index (χ0) is 20.8. The number of hydrogen-bond donors (Lipinski definition) is 1. The number of esters is 1. The summed E-state index contributed by atoms with van der Waals surface area (Å²) in [6, 6.07) is 5.64. The highest BCUT2D eigenvalue weighted by atomic mass is 16.5. The Bertz CT molecular complexity index is 760. The Morgan fingerprint density at radius 2 is 1.90 bits per heavy atom. The van der Waals surface area contributed by atoms with E-state index in [1.807, 2.05) is 18.2 Å². The van der Waals surface area contributed by atoms with Crippen LogP contribution in [0.25, 0.3) is 6.08 Å². The molecule has 3 rings (SSSR count). The average molecular weight is 402 g/mol. The Balaban J connectivity index is 1.51. The third kappa shape index (κ3) is 5.75. The van der Waals surface area contributed by atoms with Crippen LogP contribution in [-0.2, 0) is 14.3 Å². The van der Waals surface area contributed by atoms with E-state index in [2.05, 4.69) is 19.2 Å². The maximum Gasteiger partial charge on any atom is 0.331 e. The van der Waals surface area contributed by atoms with Crippen molar-refractivity contribution in [2.24, 2.45) is 11.8 Å². The lowest BCUT2D eigenvalue weighted by Gasteiger charge is -2.35. The second-order valence-electron chi connectivity index (χ2n) is 8.05. The SMILES string of the molecule is C[C@@H]1[C@@H](C)CCC[C@H]1NC(=O)[C@@H](C)OC(=O)/C=C/c1ccc2c(c1)OCCCO2. The zero-order valence-electron chi connectivity index (χ0n) is 17.5. The van der Waals surface area contributed by atoms with Gasteiger partial charge < -0.3 is 19.5 Å². The Labute approximate surface area is 172 Å². The largest absolute Gasteiger partial charge is 0.490 e. The lowest BCUT2D eigenvalue weighted by molar-refractivity contribution is -0.150. The second-order valence-corrected chi connectivity index (χ2v) is 8.05. The van der Waals surface area contributed by atoms with Crippen molar-refractivity contribution in [1.82, 2.24) is 5.32 Å². The second kappa shape index (κ2) is 9.81. The molecule has 1 heterocycles. The summed E-state index contributed by atoms with van der Waals surface area (Å²) in [5.74, 6) is 1.60. The van der Waals surface area contributed by atoms with Crippen LogP contribution in [0.2, 0.25) is 0 Å². The number of carbonyl (C=O) groups excluding carboxylic acids is 2. The van der Waals surface area contributed by atoms with Gasteiger partial charge in [0.25, 0.3) is 5.91 Å². The number of ether oxygens (including phenoxy) is 3. The maximum atomic E-state index is 12.4. The quantitative estimate of drug-likeness (QED) is 0.601. The van der Waals surface area contributed by atoms with Crippen LogP contribution >= 0.6 is 0 Å². The van der Waals surface area contributed by atoms with Gasteiger partial charge in [-0.2, -0.15) is 0 Å². The van der Waals surface area contributed by atoms with Crippen LogP contribution in [0.15, 0.2) is 24.3 Å². The van der Waals surface area contributed by atoms with Gasteiger partial charge >= 0.3 is 5.97 Å². The first kappa shape index (κ1) is 21.2. The Hall–Kier alpha value is -2.50. The Morgan fingerprint density at radius 1 is 1.14 bits per heavy atom. The summed E-state index contributed by atoms with van der Waals surface area (Å²) in [5, 5.41) is 3.05. The summed E-state index contributed by atoms with van der Waals surface area (Å²) in [7, 11) is 0. The molecule has 1 N–H and O–H groups in total. The molecule has 1 amide bonds. The van der Waals surface area contributed by atoms with Gasteiger partial charge in [0.05, 0.1) is 13.2 Å². The lowest BCUT2D eigenvalue weighted by atomic mass is 9.78. The molecule has 0 bridgehead atoms. The summed E-state index contributed by atoms with van der Waals surface area (Å²) in [6.07, 6.45) is 6.26. The Kier molecular flexibility index (Phi) is 7.18. The number of carbonyl (C=O) groups is 2. The summed E-state index contributed by atoms with van der Waals surface area (Å²) in [4.78, 5) is 24.6. The van der Waals surface area contributed by atoms with Crippen molar-refractivity contribution < 1.29 is 23.8 Å². The monoisotopic (exact) mass is 401 g/mol. The molecular formula is C23H31NO5. The van der Waals surface area contributed by atoms with Gasteiger partial charge in [0, 0.05) is 18.5 Å². The fourth-order valence-corrected chi connectivity index (χ4v) is 3.80. The van der Waals surface area contributed by atoms with E-state index in [9.17, 15) is 9.59 Å². The molecule has 0 saturated heterocycles. The molecule has 4 atom stereocenters. The molecule has 6 heteroatoms. The summed E-state index contributed by atoms with van der Waals surface area (Å²) in [5.41, 5.74) is 0.799. The van der Waals surface area contributed by atoms with Crippen LogP contribution < -0.4 is 14.8 Å². The van der Waals surface area contributed by atoms with Gasteiger partial charge in [-0.15, -0.1) is 0 Å². The molecule has 1 fully saturated rings. The highest BCUT2D eigenvalue weighted by molar-refractivity contribution is 5.90. The molecule has 2 aliphatic rings. The third-order valence-corrected chi connectivity index (χ3v) is 5.88. The fraction of sp³-hybridized carbons (Fsp3) is 0.565. The molecule has 1 aliphatic heterocycles. The van der Waals surface area contributed by atoms with Crippen LogP contribution in [0.1, 0.15) is 52.0 Å². The van der Waals surface area contributed by atoms with E-state index >= 15 is 0 Å². The number of benzene rings is 1. The van der Waals surface area contributed by atoms with E-state index in [0.717, 1.165) is 24.8 Å². The van der Waals surface area contributed by atoms with Gasteiger partial charge in [-0.05, 0) is 49.0 Å². The number of amides is 1. The smallest absolute Gasteiger partial charge is 0.331 e. The van der Waals surface area contributed by atoms with Gasteiger partial charge in [0.1, 0.15) is 0 Å². The minimum atomic E-state index is -0.833. The number of hydrogen-bond acceptors (Lipinski definition) is 5. The number of rotatable bonds is 5. The third-order valence-electron chi connectivity index (χ3n) is 5.88.